The van der Waals surface area contributed by atoms with Crippen molar-refractivity contribution in [2.45, 2.75) is 11.4 Å². The molecule has 3 N–H and O–H groups in total. The predicted molar refractivity (Wildman–Crippen MR) is 73.7 cm³/mol. The van der Waals surface area contributed by atoms with Gasteiger partial charge in [-0.05, 0) is 27.4 Å². The molecular formula is C9H11BrN4O2S2. The van der Waals surface area contributed by atoms with Gasteiger partial charge >= 0.3 is 0 Å². The third-order valence-electron chi connectivity index (χ3n) is 2.23. The molecule has 0 aromatic carbocycles. The summed E-state index contributed by atoms with van der Waals surface area (Å²) in [7, 11) is -2.02. The summed E-state index contributed by atoms with van der Waals surface area (Å²) in [5.74, 6) is -0.00440. The van der Waals surface area contributed by atoms with Crippen LogP contribution in [0, 0.1) is 0 Å². The third kappa shape index (κ3) is 2.74. The quantitative estimate of drug-likeness (QED) is 0.869. The normalized spacial score (nSPS) is 11.9. The predicted octanol–water partition coefficient (Wildman–Crippen LogP) is 1.30. The number of rotatable bonds is 4. The maximum atomic E-state index is 12.0. The van der Waals surface area contributed by atoms with Crippen LogP contribution >= 0.6 is 27.3 Å². The smallest absolute Gasteiger partial charge is 0.246 e. The van der Waals surface area contributed by atoms with E-state index >= 15 is 0 Å². The van der Waals surface area contributed by atoms with Crippen molar-refractivity contribution in [3.05, 3.63) is 27.0 Å². The molecular weight excluding hydrogens is 340 g/mol. The minimum atomic E-state index is -3.64. The van der Waals surface area contributed by atoms with Crippen molar-refractivity contribution < 1.29 is 8.42 Å². The number of nitrogens with one attached hydrogen (secondary N) is 1. The number of thiophene rings is 1. The maximum Gasteiger partial charge on any atom is 0.246 e. The molecule has 0 fully saturated rings. The Hall–Kier alpha value is -0.900. The highest BCUT2D eigenvalue weighted by Gasteiger charge is 2.20. The van der Waals surface area contributed by atoms with E-state index in [0.717, 1.165) is 9.35 Å². The van der Waals surface area contributed by atoms with Crippen molar-refractivity contribution >= 4 is 43.1 Å². The lowest BCUT2D eigenvalue weighted by atomic mass is 10.5. The zero-order valence-corrected chi connectivity index (χ0v) is 12.6. The Kier molecular flexibility index (Phi) is 3.76. The molecule has 0 aliphatic heterocycles. The highest BCUT2D eigenvalue weighted by molar-refractivity contribution is 9.10. The first-order valence-corrected chi connectivity index (χ1v) is 8.06. The van der Waals surface area contributed by atoms with Crippen molar-refractivity contribution in [1.82, 2.24) is 14.5 Å². The largest absolute Gasteiger partial charge is 0.381 e. The van der Waals surface area contributed by atoms with E-state index in [-0.39, 0.29) is 17.3 Å². The Morgan fingerprint density at radius 1 is 1.61 bits per heavy atom. The second-order valence-electron chi connectivity index (χ2n) is 3.57. The van der Waals surface area contributed by atoms with Crippen LogP contribution in [0.5, 0.6) is 0 Å². The van der Waals surface area contributed by atoms with E-state index in [1.54, 1.807) is 7.05 Å². The van der Waals surface area contributed by atoms with Gasteiger partial charge in [0.2, 0.25) is 10.0 Å². The third-order valence-corrected chi connectivity index (χ3v) is 5.57. The first kappa shape index (κ1) is 13.5. The molecule has 2 heterocycles. The van der Waals surface area contributed by atoms with Crippen LogP contribution in [0.4, 0.5) is 5.82 Å². The van der Waals surface area contributed by atoms with E-state index in [1.807, 2.05) is 11.4 Å². The maximum absolute atomic E-state index is 12.0. The van der Waals surface area contributed by atoms with Gasteiger partial charge in [0, 0.05) is 29.1 Å². The minimum Gasteiger partial charge on any atom is -0.381 e. The van der Waals surface area contributed by atoms with E-state index in [9.17, 15) is 8.42 Å². The number of sulfonamides is 1. The Labute approximate surface area is 117 Å². The average molecular weight is 351 g/mol. The summed E-state index contributed by atoms with van der Waals surface area (Å²) >= 11 is 4.81. The summed E-state index contributed by atoms with van der Waals surface area (Å²) < 4.78 is 28.8. The molecule has 0 bridgehead atoms. The lowest BCUT2D eigenvalue weighted by molar-refractivity contribution is 0.582. The van der Waals surface area contributed by atoms with Crippen molar-refractivity contribution in [1.29, 1.82) is 0 Å². The fraction of sp³-hybridized carbons (Fsp3) is 0.222. The summed E-state index contributed by atoms with van der Waals surface area (Å²) in [6, 6.07) is 1.87. The topological polar surface area (TPSA) is 90.0 Å². The first-order valence-electron chi connectivity index (χ1n) is 4.91. The van der Waals surface area contributed by atoms with Gasteiger partial charge in [-0.25, -0.2) is 13.1 Å². The Bertz CT molecular complexity index is 662. The summed E-state index contributed by atoms with van der Waals surface area (Å²) in [5.41, 5.74) is 5.55. The van der Waals surface area contributed by atoms with Gasteiger partial charge in [-0.2, -0.15) is 5.10 Å². The van der Waals surface area contributed by atoms with Gasteiger partial charge in [-0.3, -0.25) is 4.68 Å². The zero-order chi connectivity index (χ0) is 13.3. The second-order valence-corrected chi connectivity index (χ2v) is 7.16. The van der Waals surface area contributed by atoms with Crippen LogP contribution in [-0.2, 0) is 23.6 Å². The van der Waals surface area contributed by atoms with Gasteiger partial charge in [-0.15, -0.1) is 11.3 Å². The number of hydrogen-bond acceptors (Lipinski definition) is 5. The molecule has 0 unspecified atom stereocenters. The van der Waals surface area contributed by atoms with E-state index in [0.29, 0.717) is 0 Å². The molecule has 0 atom stereocenters. The van der Waals surface area contributed by atoms with E-state index in [1.165, 1.54) is 22.2 Å². The number of anilines is 1. The summed E-state index contributed by atoms with van der Waals surface area (Å²) in [4.78, 5) is 0.902. The molecule has 98 valence electrons. The molecule has 0 saturated heterocycles. The van der Waals surface area contributed by atoms with Gasteiger partial charge < -0.3 is 5.73 Å². The fourth-order valence-electron chi connectivity index (χ4n) is 1.38. The highest BCUT2D eigenvalue weighted by atomic mass is 79.9. The SMILES string of the molecule is Cn1cc(S(=O)(=O)NCc2sccc2Br)c(N)n1. The van der Waals surface area contributed by atoms with Crippen LogP contribution in [0.3, 0.4) is 0 Å². The monoisotopic (exact) mass is 350 g/mol. The fourth-order valence-corrected chi connectivity index (χ4v) is 4.00. The average Bonchev–Trinajstić information content (AvgIpc) is 2.82. The van der Waals surface area contributed by atoms with Gasteiger partial charge in [0.15, 0.2) is 5.82 Å². The number of aryl methyl sites for hydroxylation is 1. The molecule has 2 aromatic heterocycles. The molecule has 18 heavy (non-hydrogen) atoms. The highest BCUT2D eigenvalue weighted by Crippen LogP contribution is 2.23. The van der Waals surface area contributed by atoms with Crippen LogP contribution in [-0.4, -0.2) is 18.2 Å². The molecule has 0 radical (unpaired) electrons. The van der Waals surface area contributed by atoms with Crippen molar-refractivity contribution in [2.75, 3.05) is 5.73 Å². The molecule has 0 amide bonds. The number of aromatic nitrogens is 2. The Morgan fingerprint density at radius 3 is 2.83 bits per heavy atom. The molecule has 0 saturated carbocycles. The second kappa shape index (κ2) is 5.00. The lowest BCUT2D eigenvalue weighted by Gasteiger charge is -2.04. The molecule has 0 aliphatic rings. The molecule has 2 rings (SSSR count). The molecule has 6 nitrogen and oxygen atoms in total. The van der Waals surface area contributed by atoms with Gasteiger partial charge in [0.05, 0.1) is 0 Å². The number of nitrogens with zero attached hydrogens (tertiary/aromatic N) is 2. The van der Waals surface area contributed by atoms with Crippen LogP contribution in [0.25, 0.3) is 0 Å². The van der Waals surface area contributed by atoms with Crippen LogP contribution in [0.2, 0.25) is 0 Å². The zero-order valence-electron chi connectivity index (χ0n) is 9.42. The van der Waals surface area contributed by atoms with Crippen LogP contribution in [0.15, 0.2) is 27.0 Å². The van der Waals surface area contributed by atoms with Crippen molar-refractivity contribution in [3.8, 4) is 0 Å². The van der Waals surface area contributed by atoms with Gasteiger partial charge in [0.1, 0.15) is 4.90 Å². The Balaban J connectivity index is 2.18. The number of hydrogen-bond donors (Lipinski definition) is 2. The summed E-state index contributed by atoms with van der Waals surface area (Å²) in [5, 5.41) is 5.69. The van der Waals surface area contributed by atoms with Gasteiger partial charge in [0.25, 0.3) is 0 Å². The van der Waals surface area contributed by atoms with Crippen molar-refractivity contribution in [3.63, 3.8) is 0 Å². The van der Waals surface area contributed by atoms with Crippen LogP contribution < -0.4 is 10.5 Å². The number of nitrogen functional groups attached to an aromatic ring is 1. The standard InChI is InChI=1S/C9H11BrN4O2S2/c1-14-5-8(9(11)13-14)18(15,16)12-4-7-6(10)2-3-17-7/h2-3,5,12H,4H2,1H3,(H2,11,13). The van der Waals surface area contributed by atoms with Crippen molar-refractivity contribution in [2.24, 2.45) is 7.05 Å². The molecule has 2 aromatic rings. The molecule has 0 spiro atoms. The van der Waals surface area contributed by atoms with E-state index in [2.05, 4.69) is 25.8 Å². The Morgan fingerprint density at radius 2 is 2.33 bits per heavy atom. The number of halogens is 1. The number of nitrogens with two attached hydrogens (primary N) is 1. The molecule has 0 aliphatic carbocycles. The molecule has 9 heteroatoms. The summed E-state index contributed by atoms with van der Waals surface area (Å²) in [6.45, 7) is 0.217. The van der Waals surface area contributed by atoms with E-state index < -0.39 is 10.0 Å². The van der Waals surface area contributed by atoms with Crippen LogP contribution in [0.1, 0.15) is 4.88 Å². The van der Waals surface area contributed by atoms with Gasteiger partial charge in [-0.1, -0.05) is 0 Å². The van der Waals surface area contributed by atoms with E-state index in [4.69, 9.17) is 5.73 Å². The first-order chi connectivity index (χ1) is 8.40. The lowest BCUT2D eigenvalue weighted by Crippen LogP contribution is -2.23. The minimum absolute atomic E-state index is 0.00215. The summed E-state index contributed by atoms with van der Waals surface area (Å²) in [6.07, 6.45) is 1.38.